The lowest BCUT2D eigenvalue weighted by atomic mass is 9.96. The highest BCUT2D eigenvalue weighted by Crippen LogP contribution is 2.30. The predicted octanol–water partition coefficient (Wildman–Crippen LogP) is 1.76. The number of rotatable bonds is 5. The van der Waals surface area contributed by atoms with E-state index in [1.165, 1.54) is 12.1 Å². The topological polar surface area (TPSA) is 95.6 Å². The van der Waals surface area contributed by atoms with Gasteiger partial charge in [-0.25, -0.2) is 0 Å². The van der Waals surface area contributed by atoms with Crippen LogP contribution in [0.4, 0.5) is 11.4 Å². The molecular weight excluding hydrogens is 280 g/mol. The van der Waals surface area contributed by atoms with Gasteiger partial charge in [-0.15, -0.1) is 0 Å². The quantitative estimate of drug-likeness (QED) is 0.566. The number of aliphatic hydroxyl groups is 2. The molecule has 1 aliphatic heterocycles. The number of benzene rings is 1. The average Bonchev–Trinajstić information content (AvgIpc) is 2.45. The van der Waals surface area contributed by atoms with Crippen LogP contribution >= 0.6 is 11.8 Å². The third kappa shape index (κ3) is 3.62. The molecule has 0 bridgehead atoms. The lowest BCUT2D eigenvalue weighted by molar-refractivity contribution is -0.384. The maximum atomic E-state index is 11.0. The molecule has 7 heteroatoms. The van der Waals surface area contributed by atoms with Gasteiger partial charge in [0.05, 0.1) is 17.1 Å². The van der Waals surface area contributed by atoms with Crippen molar-refractivity contribution < 1.29 is 15.1 Å². The molecule has 20 heavy (non-hydrogen) atoms. The van der Waals surface area contributed by atoms with Crippen LogP contribution in [0.25, 0.3) is 0 Å². The highest BCUT2D eigenvalue weighted by Gasteiger charge is 2.30. The van der Waals surface area contributed by atoms with E-state index in [9.17, 15) is 15.2 Å². The van der Waals surface area contributed by atoms with Crippen molar-refractivity contribution in [2.24, 2.45) is 0 Å². The summed E-state index contributed by atoms with van der Waals surface area (Å²) in [6.07, 6.45) is 1.36. The zero-order chi connectivity index (χ0) is 14.6. The summed E-state index contributed by atoms with van der Waals surface area (Å²) < 4.78 is 0. The van der Waals surface area contributed by atoms with E-state index in [0.29, 0.717) is 24.1 Å². The van der Waals surface area contributed by atoms with Crippen LogP contribution in [0.2, 0.25) is 0 Å². The molecule has 0 aromatic heterocycles. The van der Waals surface area contributed by atoms with Crippen molar-refractivity contribution in [2.75, 3.05) is 23.4 Å². The van der Waals surface area contributed by atoms with Crippen molar-refractivity contribution in [1.82, 2.24) is 0 Å². The molecule has 6 nitrogen and oxygen atoms in total. The molecule has 1 aromatic rings. The van der Waals surface area contributed by atoms with Gasteiger partial charge in [0, 0.05) is 12.6 Å². The first-order valence-corrected chi connectivity index (χ1v) is 7.62. The third-order valence-electron chi connectivity index (χ3n) is 3.47. The smallest absolute Gasteiger partial charge is 0.292 e. The minimum absolute atomic E-state index is 0.0454. The minimum Gasteiger partial charge on any atom is -0.392 e. The van der Waals surface area contributed by atoms with Gasteiger partial charge in [0.25, 0.3) is 5.69 Å². The van der Waals surface area contributed by atoms with Crippen molar-refractivity contribution in [3.63, 3.8) is 0 Å². The second kappa shape index (κ2) is 6.43. The Labute approximate surface area is 121 Å². The van der Waals surface area contributed by atoms with Crippen LogP contribution in [0.1, 0.15) is 18.4 Å². The van der Waals surface area contributed by atoms with E-state index < -0.39 is 10.5 Å². The van der Waals surface area contributed by atoms with Crippen LogP contribution in [0.3, 0.4) is 0 Å². The van der Waals surface area contributed by atoms with Gasteiger partial charge in [0.2, 0.25) is 0 Å². The molecule has 1 saturated heterocycles. The third-order valence-corrected chi connectivity index (χ3v) is 4.46. The molecule has 110 valence electrons. The number of nitro benzene ring substituents is 1. The second-order valence-electron chi connectivity index (χ2n) is 4.96. The van der Waals surface area contributed by atoms with Crippen LogP contribution in [0.15, 0.2) is 18.2 Å². The molecule has 2 rings (SSSR count). The molecule has 1 heterocycles. The zero-order valence-electron chi connectivity index (χ0n) is 11.0. The van der Waals surface area contributed by atoms with E-state index in [1.54, 1.807) is 17.8 Å². The molecule has 0 radical (unpaired) electrons. The highest BCUT2D eigenvalue weighted by atomic mass is 32.2. The van der Waals surface area contributed by atoms with Gasteiger partial charge in [0.1, 0.15) is 5.69 Å². The van der Waals surface area contributed by atoms with Gasteiger partial charge in [-0.2, -0.15) is 11.8 Å². The molecule has 0 spiro atoms. The normalized spacial score (nSPS) is 17.7. The molecule has 0 aliphatic carbocycles. The Bertz CT molecular complexity index is 489. The summed E-state index contributed by atoms with van der Waals surface area (Å²) in [5.41, 5.74) is 0.0856. The zero-order valence-corrected chi connectivity index (χ0v) is 11.9. The second-order valence-corrected chi connectivity index (χ2v) is 6.18. The first-order chi connectivity index (χ1) is 9.54. The molecule has 0 saturated carbocycles. The fourth-order valence-electron chi connectivity index (χ4n) is 2.17. The van der Waals surface area contributed by atoms with E-state index in [-0.39, 0.29) is 18.8 Å². The molecule has 0 atom stereocenters. The largest absolute Gasteiger partial charge is 0.392 e. The Hall–Kier alpha value is -1.31. The van der Waals surface area contributed by atoms with Gasteiger partial charge < -0.3 is 15.5 Å². The van der Waals surface area contributed by atoms with Crippen molar-refractivity contribution in [1.29, 1.82) is 0 Å². The number of hydrogen-bond acceptors (Lipinski definition) is 6. The molecule has 1 fully saturated rings. The molecular formula is C13H18N2O4S. The predicted molar refractivity (Wildman–Crippen MR) is 79.0 cm³/mol. The van der Waals surface area contributed by atoms with E-state index in [4.69, 9.17) is 5.11 Å². The summed E-state index contributed by atoms with van der Waals surface area (Å²) in [5, 5.41) is 33.5. The van der Waals surface area contributed by atoms with Crippen LogP contribution in [-0.4, -0.2) is 38.8 Å². The summed E-state index contributed by atoms with van der Waals surface area (Å²) in [6.45, 7) is 0.108. The Kier molecular flexibility index (Phi) is 4.85. The molecule has 1 aliphatic rings. The van der Waals surface area contributed by atoms with Gasteiger partial charge in [-0.1, -0.05) is 0 Å². The number of thioether (sulfide) groups is 1. The summed E-state index contributed by atoms with van der Waals surface area (Å²) in [4.78, 5) is 10.5. The van der Waals surface area contributed by atoms with Crippen molar-refractivity contribution >= 4 is 23.1 Å². The number of hydrogen-bond donors (Lipinski definition) is 3. The first-order valence-electron chi connectivity index (χ1n) is 6.46. The summed E-state index contributed by atoms with van der Waals surface area (Å²) in [5.74, 6) is 1.80. The fourth-order valence-corrected chi connectivity index (χ4v) is 3.42. The number of nitrogens with zero attached hydrogens (tertiary/aromatic N) is 1. The average molecular weight is 298 g/mol. The van der Waals surface area contributed by atoms with Gasteiger partial charge >= 0.3 is 0 Å². The van der Waals surface area contributed by atoms with E-state index in [0.717, 1.165) is 11.5 Å². The van der Waals surface area contributed by atoms with Crippen molar-refractivity contribution in [3.05, 3.63) is 33.9 Å². The van der Waals surface area contributed by atoms with Gasteiger partial charge in [-0.05, 0) is 42.0 Å². The summed E-state index contributed by atoms with van der Waals surface area (Å²) in [7, 11) is 0. The lowest BCUT2D eigenvalue weighted by Crippen LogP contribution is -2.40. The van der Waals surface area contributed by atoms with Crippen LogP contribution in [-0.2, 0) is 6.61 Å². The Morgan fingerprint density at radius 2 is 2.10 bits per heavy atom. The number of nitrogens with one attached hydrogen (secondary N) is 1. The van der Waals surface area contributed by atoms with E-state index >= 15 is 0 Å². The highest BCUT2D eigenvalue weighted by molar-refractivity contribution is 7.99. The summed E-state index contributed by atoms with van der Waals surface area (Å²) >= 11 is 1.80. The summed E-state index contributed by atoms with van der Waals surface area (Å²) in [6, 6.07) is 4.45. The van der Waals surface area contributed by atoms with Crippen LogP contribution < -0.4 is 5.32 Å². The monoisotopic (exact) mass is 298 g/mol. The minimum atomic E-state index is -0.811. The van der Waals surface area contributed by atoms with Crippen LogP contribution in [0, 0.1) is 10.1 Å². The number of nitro groups is 1. The SMILES string of the molecule is O=[N+]([O-])c1ccc(CO)cc1NCC1(O)CCSCC1. The Morgan fingerprint density at radius 1 is 1.40 bits per heavy atom. The van der Waals surface area contributed by atoms with Crippen LogP contribution in [0.5, 0.6) is 0 Å². The maximum absolute atomic E-state index is 11.0. The van der Waals surface area contributed by atoms with Crippen molar-refractivity contribution in [2.45, 2.75) is 25.0 Å². The maximum Gasteiger partial charge on any atom is 0.292 e. The van der Waals surface area contributed by atoms with Gasteiger partial charge in [-0.3, -0.25) is 10.1 Å². The number of aliphatic hydroxyl groups excluding tert-OH is 1. The van der Waals surface area contributed by atoms with Gasteiger partial charge in [0.15, 0.2) is 0 Å². The Morgan fingerprint density at radius 3 is 2.70 bits per heavy atom. The molecule has 0 amide bonds. The lowest BCUT2D eigenvalue weighted by Gasteiger charge is -2.32. The number of anilines is 1. The van der Waals surface area contributed by atoms with E-state index in [2.05, 4.69) is 5.32 Å². The molecule has 1 aromatic carbocycles. The standard InChI is InChI=1S/C13H18N2O4S/c16-8-10-1-2-12(15(18)19)11(7-10)14-9-13(17)3-5-20-6-4-13/h1-2,7,14,16-17H,3-6,8-9H2. The van der Waals surface area contributed by atoms with E-state index in [1.807, 2.05) is 0 Å². The van der Waals surface area contributed by atoms with Crippen molar-refractivity contribution in [3.8, 4) is 0 Å². The fraction of sp³-hybridized carbons (Fsp3) is 0.538. The molecule has 0 unspecified atom stereocenters. The Balaban J connectivity index is 2.12. The first kappa shape index (κ1) is 15.1. The molecule has 3 N–H and O–H groups in total.